The van der Waals surface area contributed by atoms with Crippen LogP contribution in [0.15, 0.2) is 77.7 Å². The van der Waals surface area contributed by atoms with Crippen LogP contribution < -0.4 is 15.5 Å². The Kier molecular flexibility index (Phi) is 13.3. The summed E-state index contributed by atoms with van der Waals surface area (Å²) >= 11 is 2.03. The van der Waals surface area contributed by atoms with E-state index in [1.54, 1.807) is 0 Å². The maximum absolute atomic E-state index is 13.3. The van der Waals surface area contributed by atoms with Crippen LogP contribution in [0, 0.1) is 5.41 Å². The molecule has 1 saturated heterocycles. The highest BCUT2D eigenvalue weighted by Gasteiger charge is 2.37. The molecule has 48 heavy (non-hydrogen) atoms. The molecule has 1 fully saturated rings. The molecule has 0 aliphatic carbocycles. The molecule has 2 amide bonds. The molecule has 0 aromatic heterocycles. The van der Waals surface area contributed by atoms with E-state index in [0.717, 1.165) is 23.4 Å². The standard InChI is InChI=1S/C40H55N3O4S/c1-5-7-19-40(20-8-6-2)25-36(35-22-32(43(3)4)17-18-37(35)48-28-40)30-15-12-16-31(21-30)41-39(45)42-38-24-33(23-34(26-44)47-38)46-27-29-13-10-9-11-14-29/h9-18,21-22,33-34,36,38,44H,5-8,19-20,23-28H2,1-4H3,(H2,41,42,45)/t33?,34?,36-,38?/m1/s1. The molecule has 260 valence electrons. The molecule has 2 aliphatic heterocycles. The van der Waals surface area contributed by atoms with Crippen molar-refractivity contribution in [3.05, 3.63) is 89.5 Å². The highest BCUT2D eigenvalue weighted by molar-refractivity contribution is 7.99. The number of carbonyl (C=O) groups is 1. The van der Waals surface area contributed by atoms with Gasteiger partial charge in [0, 0.05) is 54.9 Å². The van der Waals surface area contributed by atoms with Crippen LogP contribution in [0.5, 0.6) is 0 Å². The number of rotatable bonds is 14. The second kappa shape index (κ2) is 17.6. The lowest BCUT2D eigenvalue weighted by Gasteiger charge is -2.36. The zero-order valence-electron chi connectivity index (χ0n) is 29.3. The Morgan fingerprint density at radius 2 is 1.77 bits per heavy atom. The van der Waals surface area contributed by atoms with Crippen molar-refractivity contribution in [1.29, 1.82) is 0 Å². The summed E-state index contributed by atoms with van der Waals surface area (Å²) in [6.45, 7) is 4.95. The van der Waals surface area contributed by atoms with Gasteiger partial charge >= 0.3 is 6.03 Å². The smallest absolute Gasteiger partial charge is 0.321 e. The number of amides is 2. The Balaban J connectivity index is 1.33. The predicted octanol–water partition coefficient (Wildman–Crippen LogP) is 8.95. The first kappa shape index (κ1) is 36.2. The second-order valence-corrected chi connectivity index (χ2v) is 14.9. The number of urea groups is 1. The molecule has 0 bridgehead atoms. The van der Waals surface area contributed by atoms with Gasteiger partial charge in [-0.05, 0) is 71.7 Å². The molecule has 0 radical (unpaired) electrons. The minimum absolute atomic E-state index is 0.123. The molecular formula is C40H55N3O4S. The van der Waals surface area contributed by atoms with E-state index in [1.807, 2.05) is 48.2 Å². The molecule has 8 heteroatoms. The Morgan fingerprint density at radius 3 is 2.48 bits per heavy atom. The van der Waals surface area contributed by atoms with Gasteiger partial charge in [-0.1, -0.05) is 82.0 Å². The Hall–Kier alpha value is -3.04. The molecule has 4 atom stereocenters. The molecule has 2 heterocycles. The number of hydrogen-bond acceptors (Lipinski definition) is 6. The number of benzene rings is 3. The van der Waals surface area contributed by atoms with E-state index in [1.165, 1.54) is 60.2 Å². The number of fused-ring (bicyclic) bond motifs is 1. The molecule has 5 rings (SSSR count). The number of aliphatic hydroxyl groups excluding tert-OH is 1. The van der Waals surface area contributed by atoms with Crippen LogP contribution in [0.1, 0.15) is 94.2 Å². The lowest BCUT2D eigenvalue weighted by Crippen LogP contribution is -2.48. The fraction of sp³-hybridized carbons (Fsp3) is 0.525. The summed E-state index contributed by atoms with van der Waals surface area (Å²) < 4.78 is 12.2. The number of anilines is 2. The van der Waals surface area contributed by atoms with Gasteiger partial charge < -0.3 is 30.1 Å². The molecule has 3 aromatic rings. The van der Waals surface area contributed by atoms with E-state index in [0.29, 0.717) is 19.4 Å². The third-order valence-electron chi connectivity index (χ3n) is 9.91. The van der Waals surface area contributed by atoms with Gasteiger partial charge in [-0.3, -0.25) is 0 Å². The Morgan fingerprint density at radius 1 is 1.00 bits per heavy atom. The van der Waals surface area contributed by atoms with Crippen LogP contribution in [0.3, 0.4) is 0 Å². The van der Waals surface area contributed by atoms with Crippen LogP contribution >= 0.6 is 11.8 Å². The van der Waals surface area contributed by atoms with E-state index < -0.39 is 12.3 Å². The third kappa shape index (κ3) is 9.78. The molecule has 3 aromatic carbocycles. The summed E-state index contributed by atoms with van der Waals surface area (Å²) in [5.41, 5.74) is 5.93. The number of hydrogen-bond donors (Lipinski definition) is 3. The molecule has 3 unspecified atom stereocenters. The van der Waals surface area contributed by atoms with E-state index in [2.05, 4.69) is 79.9 Å². The van der Waals surface area contributed by atoms with Crippen molar-refractivity contribution < 1.29 is 19.4 Å². The first-order chi connectivity index (χ1) is 23.3. The first-order valence-corrected chi connectivity index (χ1v) is 18.8. The molecule has 0 spiro atoms. The van der Waals surface area contributed by atoms with E-state index in [-0.39, 0.29) is 30.1 Å². The van der Waals surface area contributed by atoms with Crippen LogP contribution in [0.2, 0.25) is 0 Å². The third-order valence-corrected chi connectivity index (χ3v) is 11.3. The number of nitrogens with one attached hydrogen (secondary N) is 2. The zero-order valence-corrected chi connectivity index (χ0v) is 30.1. The van der Waals surface area contributed by atoms with Crippen molar-refractivity contribution in [2.75, 3.05) is 36.7 Å². The summed E-state index contributed by atoms with van der Waals surface area (Å²) in [6, 6.07) is 25.0. The van der Waals surface area contributed by atoms with Crippen molar-refractivity contribution in [3.8, 4) is 0 Å². The minimum atomic E-state index is -0.562. The maximum Gasteiger partial charge on any atom is 0.321 e. The summed E-state index contributed by atoms with van der Waals surface area (Å²) in [6.07, 6.45) is 8.50. The van der Waals surface area contributed by atoms with Crippen molar-refractivity contribution in [3.63, 3.8) is 0 Å². The lowest BCUT2D eigenvalue weighted by atomic mass is 9.70. The Bertz CT molecular complexity index is 1440. The number of carbonyl (C=O) groups excluding carboxylic acids is 1. The van der Waals surface area contributed by atoms with Crippen LogP contribution in [-0.2, 0) is 16.1 Å². The molecule has 2 aliphatic rings. The van der Waals surface area contributed by atoms with Gasteiger partial charge in [-0.2, -0.15) is 0 Å². The largest absolute Gasteiger partial charge is 0.394 e. The average molecular weight is 674 g/mol. The predicted molar refractivity (Wildman–Crippen MR) is 198 cm³/mol. The SMILES string of the molecule is CCCCC1(CCCC)CSc2ccc(N(C)C)cc2[C@@H](c2cccc(NC(=O)NC3CC(OCc4ccccc4)CC(CO)O3)c2)C1. The maximum atomic E-state index is 13.3. The van der Waals surface area contributed by atoms with Crippen molar-refractivity contribution in [2.24, 2.45) is 5.41 Å². The van der Waals surface area contributed by atoms with Crippen molar-refractivity contribution >= 4 is 29.2 Å². The van der Waals surface area contributed by atoms with Gasteiger partial charge in [-0.25, -0.2) is 4.79 Å². The van der Waals surface area contributed by atoms with Gasteiger partial charge in [0.15, 0.2) is 0 Å². The quantitative estimate of drug-likeness (QED) is 0.159. The van der Waals surface area contributed by atoms with Crippen LogP contribution in [0.4, 0.5) is 16.2 Å². The van der Waals surface area contributed by atoms with Crippen LogP contribution in [-0.4, -0.2) is 56.0 Å². The highest BCUT2D eigenvalue weighted by atomic mass is 32.2. The van der Waals surface area contributed by atoms with Crippen molar-refractivity contribution in [2.45, 2.75) is 107 Å². The zero-order chi connectivity index (χ0) is 33.9. The second-order valence-electron chi connectivity index (χ2n) is 13.9. The summed E-state index contributed by atoms with van der Waals surface area (Å²) in [7, 11) is 4.21. The summed E-state index contributed by atoms with van der Waals surface area (Å²) in [5.74, 6) is 1.37. The fourth-order valence-electron chi connectivity index (χ4n) is 7.18. The number of ether oxygens (including phenoxy) is 2. The number of unbranched alkanes of at least 4 members (excludes halogenated alkanes) is 2. The fourth-order valence-corrected chi connectivity index (χ4v) is 8.58. The summed E-state index contributed by atoms with van der Waals surface area (Å²) in [4.78, 5) is 16.9. The normalized spacial score (nSPS) is 21.9. The number of aliphatic hydroxyl groups is 1. The van der Waals surface area contributed by atoms with Gasteiger partial charge in [-0.15, -0.1) is 11.8 Å². The lowest BCUT2D eigenvalue weighted by molar-refractivity contribution is -0.136. The highest BCUT2D eigenvalue weighted by Crippen LogP contribution is 2.52. The van der Waals surface area contributed by atoms with Gasteiger partial charge in [0.05, 0.1) is 25.4 Å². The van der Waals surface area contributed by atoms with Crippen LogP contribution in [0.25, 0.3) is 0 Å². The van der Waals surface area contributed by atoms with E-state index in [4.69, 9.17) is 9.47 Å². The topological polar surface area (TPSA) is 83.1 Å². The average Bonchev–Trinajstić information content (AvgIpc) is 3.26. The van der Waals surface area contributed by atoms with E-state index in [9.17, 15) is 9.90 Å². The number of thioether (sulfide) groups is 1. The molecule has 0 saturated carbocycles. The minimum Gasteiger partial charge on any atom is -0.394 e. The monoisotopic (exact) mass is 673 g/mol. The molecule has 7 nitrogen and oxygen atoms in total. The first-order valence-electron chi connectivity index (χ1n) is 17.8. The van der Waals surface area contributed by atoms with Gasteiger partial charge in [0.25, 0.3) is 0 Å². The summed E-state index contributed by atoms with van der Waals surface area (Å²) in [5, 5.41) is 16.0. The Labute approximate surface area is 292 Å². The molecule has 3 N–H and O–H groups in total. The molecular weight excluding hydrogens is 619 g/mol. The van der Waals surface area contributed by atoms with Gasteiger partial charge in [0.1, 0.15) is 6.23 Å². The number of nitrogens with zero attached hydrogens (tertiary/aromatic N) is 1. The van der Waals surface area contributed by atoms with Gasteiger partial charge in [0.2, 0.25) is 0 Å². The van der Waals surface area contributed by atoms with E-state index >= 15 is 0 Å². The van der Waals surface area contributed by atoms with Crippen molar-refractivity contribution in [1.82, 2.24) is 5.32 Å².